The molecule has 1 aliphatic rings. The predicted molar refractivity (Wildman–Crippen MR) is 107 cm³/mol. The molecule has 142 valence electrons. The molecule has 1 aliphatic heterocycles. The molecule has 4 rings (SSSR count). The number of likely N-dealkylation sites (N-methyl/N-ethyl adjacent to an activating group) is 1. The van der Waals surface area contributed by atoms with Gasteiger partial charge in [-0.25, -0.2) is 9.67 Å². The first-order chi connectivity index (χ1) is 13.2. The van der Waals surface area contributed by atoms with E-state index in [0.717, 1.165) is 44.0 Å². The van der Waals surface area contributed by atoms with E-state index in [4.69, 9.17) is 0 Å². The van der Waals surface area contributed by atoms with Crippen LogP contribution in [-0.2, 0) is 6.54 Å². The van der Waals surface area contributed by atoms with Crippen LogP contribution < -0.4 is 10.2 Å². The van der Waals surface area contributed by atoms with E-state index in [1.165, 1.54) is 5.69 Å². The van der Waals surface area contributed by atoms with Crippen molar-refractivity contribution in [3.05, 3.63) is 48.9 Å². The molecular weight excluding hydrogens is 338 g/mol. The van der Waals surface area contributed by atoms with Crippen molar-refractivity contribution >= 4 is 5.69 Å². The van der Waals surface area contributed by atoms with Crippen molar-refractivity contribution in [2.45, 2.75) is 38.4 Å². The molecule has 3 aromatic rings. The number of hydrogen-bond acceptors (Lipinski definition) is 5. The van der Waals surface area contributed by atoms with Gasteiger partial charge >= 0.3 is 0 Å². The van der Waals surface area contributed by atoms with Gasteiger partial charge in [0.1, 0.15) is 5.69 Å². The molecule has 1 fully saturated rings. The van der Waals surface area contributed by atoms with E-state index in [9.17, 15) is 0 Å². The van der Waals surface area contributed by atoms with Gasteiger partial charge in [-0.3, -0.25) is 0 Å². The summed E-state index contributed by atoms with van der Waals surface area (Å²) in [5, 5.41) is 12.2. The largest absolute Gasteiger partial charge is 0.370 e. The Balaban J connectivity index is 1.49. The summed E-state index contributed by atoms with van der Waals surface area (Å²) in [6.45, 7) is 5.14. The zero-order valence-electron chi connectivity index (χ0n) is 16.0. The quantitative estimate of drug-likeness (QED) is 0.727. The van der Waals surface area contributed by atoms with E-state index in [0.29, 0.717) is 12.1 Å². The number of hydrogen-bond donors (Lipinski definition) is 1. The molecule has 0 radical (unpaired) electrons. The van der Waals surface area contributed by atoms with Crippen molar-refractivity contribution in [2.75, 3.05) is 25.0 Å². The summed E-state index contributed by atoms with van der Waals surface area (Å²) < 4.78 is 4.18. The molecule has 1 saturated heterocycles. The molecule has 3 heterocycles. The number of benzene rings is 1. The Labute approximate surface area is 160 Å². The van der Waals surface area contributed by atoms with E-state index in [-0.39, 0.29) is 0 Å². The van der Waals surface area contributed by atoms with Gasteiger partial charge in [0, 0.05) is 37.7 Å². The number of nitrogens with zero attached hydrogens (tertiary/aromatic N) is 6. The van der Waals surface area contributed by atoms with Crippen LogP contribution in [0.5, 0.6) is 0 Å². The van der Waals surface area contributed by atoms with E-state index in [2.05, 4.69) is 68.3 Å². The SMILES string of the molecule is CC(Cn1ccnc1-c1cn(C2CCNCC2)nn1)N(C)c1ccccc1. The second-order valence-electron chi connectivity index (χ2n) is 7.26. The highest BCUT2D eigenvalue weighted by Crippen LogP contribution is 2.22. The third-order valence-electron chi connectivity index (χ3n) is 5.42. The van der Waals surface area contributed by atoms with Crippen LogP contribution in [-0.4, -0.2) is 50.7 Å². The van der Waals surface area contributed by atoms with Gasteiger partial charge in [-0.2, -0.15) is 0 Å². The Hall–Kier alpha value is -2.67. The number of imidazole rings is 1. The second-order valence-corrected chi connectivity index (χ2v) is 7.26. The Morgan fingerprint density at radius 3 is 2.78 bits per heavy atom. The van der Waals surface area contributed by atoms with Crippen LogP contribution in [0.1, 0.15) is 25.8 Å². The Kier molecular flexibility index (Phi) is 5.20. The topological polar surface area (TPSA) is 63.8 Å². The molecule has 0 spiro atoms. The van der Waals surface area contributed by atoms with Crippen LogP contribution in [0.15, 0.2) is 48.9 Å². The summed E-state index contributed by atoms with van der Waals surface area (Å²) in [4.78, 5) is 6.83. The zero-order valence-corrected chi connectivity index (χ0v) is 16.0. The lowest BCUT2D eigenvalue weighted by Crippen LogP contribution is -2.32. The van der Waals surface area contributed by atoms with E-state index in [1.54, 1.807) is 0 Å². The zero-order chi connectivity index (χ0) is 18.6. The van der Waals surface area contributed by atoms with Gasteiger partial charge in [0.2, 0.25) is 0 Å². The summed E-state index contributed by atoms with van der Waals surface area (Å²) in [7, 11) is 2.13. The van der Waals surface area contributed by atoms with Gasteiger partial charge in [-0.05, 0) is 45.0 Å². The molecule has 0 amide bonds. The summed E-state index contributed by atoms with van der Waals surface area (Å²) in [5.41, 5.74) is 2.05. The van der Waals surface area contributed by atoms with Gasteiger partial charge in [0.25, 0.3) is 0 Å². The van der Waals surface area contributed by atoms with Gasteiger partial charge < -0.3 is 14.8 Å². The van der Waals surface area contributed by atoms with Crippen molar-refractivity contribution in [3.63, 3.8) is 0 Å². The van der Waals surface area contributed by atoms with E-state index < -0.39 is 0 Å². The standard InChI is InChI=1S/C20H27N7/c1-16(25(2)17-6-4-3-5-7-17)14-26-13-12-22-20(26)19-15-27(24-23-19)18-8-10-21-11-9-18/h3-7,12-13,15-16,18,21H,8-11,14H2,1-2H3. The van der Waals surface area contributed by atoms with Crippen molar-refractivity contribution in [1.82, 2.24) is 29.9 Å². The van der Waals surface area contributed by atoms with Crippen molar-refractivity contribution in [1.29, 1.82) is 0 Å². The maximum atomic E-state index is 4.55. The Bertz CT molecular complexity index is 848. The van der Waals surface area contributed by atoms with Crippen molar-refractivity contribution < 1.29 is 0 Å². The first kappa shape index (κ1) is 17.7. The highest BCUT2D eigenvalue weighted by atomic mass is 15.4. The molecule has 0 bridgehead atoms. The minimum atomic E-state index is 0.319. The molecule has 1 atom stereocenters. The normalized spacial score (nSPS) is 16.4. The monoisotopic (exact) mass is 365 g/mol. The second kappa shape index (κ2) is 7.92. The Morgan fingerprint density at radius 2 is 2.00 bits per heavy atom. The predicted octanol–water partition coefficient (Wildman–Crippen LogP) is 2.59. The third-order valence-corrected chi connectivity index (χ3v) is 5.42. The molecule has 0 saturated carbocycles. The van der Waals surface area contributed by atoms with Crippen LogP contribution in [0.2, 0.25) is 0 Å². The molecule has 1 N–H and O–H groups in total. The number of piperidine rings is 1. The van der Waals surface area contributed by atoms with Crippen LogP contribution in [0, 0.1) is 0 Å². The summed E-state index contributed by atoms with van der Waals surface area (Å²) in [5.74, 6) is 0.878. The lowest BCUT2D eigenvalue weighted by molar-refractivity contribution is 0.337. The van der Waals surface area contributed by atoms with Crippen LogP contribution in [0.4, 0.5) is 5.69 Å². The lowest BCUT2D eigenvalue weighted by atomic mass is 10.1. The molecule has 2 aromatic heterocycles. The Morgan fingerprint density at radius 1 is 1.22 bits per heavy atom. The maximum Gasteiger partial charge on any atom is 0.162 e. The molecule has 0 aliphatic carbocycles. The average molecular weight is 365 g/mol. The van der Waals surface area contributed by atoms with Crippen LogP contribution in [0.25, 0.3) is 11.5 Å². The highest BCUT2D eigenvalue weighted by molar-refractivity contribution is 5.48. The van der Waals surface area contributed by atoms with Crippen molar-refractivity contribution in [2.24, 2.45) is 0 Å². The molecule has 7 heteroatoms. The molecule has 7 nitrogen and oxygen atoms in total. The fourth-order valence-electron chi connectivity index (χ4n) is 3.64. The smallest absolute Gasteiger partial charge is 0.162 e. The number of anilines is 1. The van der Waals surface area contributed by atoms with E-state index >= 15 is 0 Å². The van der Waals surface area contributed by atoms with Crippen molar-refractivity contribution in [3.8, 4) is 11.5 Å². The fourth-order valence-corrected chi connectivity index (χ4v) is 3.64. The highest BCUT2D eigenvalue weighted by Gasteiger charge is 2.19. The van der Waals surface area contributed by atoms with Gasteiger partial charge in [0.15, 0.2) is 5.82 Å². The molecule has 27 heavy (non-hydrogen) atoms. The van der Waals surface area contributed by atoms with Crippen LogP contribution in [0.3, 0.4) is 0 Å². The minimum absolute atomic E-state index is 0.319. The molecular formula is C20H27N7. The minimum Gasteiger partial charge on any atom is -0.370 e. The first-order valence-corrected chi connectivity index (χ1v) is 9.64. The number of rotatable bonds is 6. The number of aromatic nitrogens is 5. The lowest BCUT2D eigenvalue weighted by Gasteiger charge is -2.27. The van der Waals surface area contributed by atoms with E-state index in [1.807, 2.05) is 29.3 Å². The summed E-state index contributed by atoms with van der Waals surface area (Å²) in [6.07, 6.45) is 8.09. The fraction of sp³-hybridized carbons (Fsp3) is 0.450. The molecule has 1 aromatic carbocycles. The number of para-hydroxylation sites is 1. The summed E-state index contributed by atoms with van der Waals surface area (Å²) in [6, 6.07) is 11.2. The first-order valence-electron chi connectivity index (χ1n) is 9.64. The number of nitrogens with one attached hydrogen (secondary N) is 1. The average Bonchev–Trinajstić information content (AvgIpc) is 3.38. The maximum absolute atomic E-state index is 4.55. The third kappa shape index (κ3) is 3.88. The molecule has 1 unspecified atom stereocenters. The van der Waals surface area contributed by atoms with Gasteiger partial charge in [-0.15, -0.1) is 5.10 Å². The summed E-state index contributed by atoms with van der Waals surface area (Å²) >= 11 is 0. The van der Waals surface area contributed by atoms with Gasteiger partial charge in [0.05, 0.1) is 12.2 Å². The van der Waals surface area contributed by atoms with Gasteiger partial charge in [-0.1, -0.05) is 23.4 Å². The van der Waals surface area contributed by atoms with Crippen LogP contribution >= 0.6 is 0 Å².